The van der Waals surface area contributed by atoms with E-state index in [2.05, 4.69) is 35.6 Å². The van der Waals surface area contributed by atoms with Crippen molar-refractivity contribution in [1.29, 1.82) is 0 Å². The van der Waals surface area contributed by atoms with E-state index in [1.54, 1.807) is 0 Å². The number of hydrogen-bond donors (Lipinski definition) is 2. The van der Waals surface area contributed by atoms with Gasteiger partial charge in [-0.15, -0.1) is 12.4 Å². The van der Waals surface area contributed by atoms with E-state index in [-0.39, 0.29) is 30.4 Å². The number of hydrogen-bond acceptors (Lipinski definition) is 2. The van der Waals surface area contributed by atoms with Gasteiger partial charge < -0.3 is 11.1 Å². The van der Waals surface area contributed by atoms with Gasteiger partial charge in [-0.05, 0) is 48.1 Å². The SMILES string of the molecule is CC(NC(=O)C[C@@H]1CCC[C@H]1N)c1ccc2ccccc2c1.Cl. The molecular formula is C19H25ClN2O. The molecule has 1 unspecified atom stereocenters. The van der Waals surface area contributed by atoms with Gasteiger partial charge in [0.1, 0.15) is 0 Å². The van der Waals surface area contributed by atoms with Crippen molar-refractivity contribution in [2.24, 2.45) is 11.7 Å². The molecule has 1 saturated carbocycles. The topological polar surface area (TPSA) is 55.1 Å². The largest absolute Gasteiger partial charge is 0.350 e. The number of amides is 1. The molecule has 0 aliphatic heterocycles. The summed E-state index contributed by atoms with van der Waals surface area (Å²) in [6, 6.07) is 14.9. The lowest BCUT2D eigenvalue weighted by Gasteiger charge is -2.18. The predicted octanol–water partition coefficient (Wildman–Crippen LogP) is 3.96. The average molecular weight is 333 g/mol. The van der Waals surface area contributed by atoms with Crippen LogP contribution in [0.4, 0.5) is 0 Å². The molecule has 0 heterocycles. The molecule has 1 aliphatic carbocycles. The van der Waals surface area contributed by atoms with Crippen molar-refractivity contribution in [3.63, 3.8) is 0 Å². The Bertz CT molecular complexity index is 673. The fraction of sp³-hybridized carbons (Fsp3) is 0.421. The minimum absolute atomic E-state index is 0. The first-order chi connectivity index (χ1) is 10.6. The molecule has 0 aromatic heterocycles. The van der Waals surface area contributed by atoms with Gasteiger partial charge in [0, 0.05) is 12.5 Å². The third-order valence-corrected chi connectivity index (χ3v) is 4.82. The van der Waals surface area contributed by atoms with Gasteiger partial charge in [-0.25, -0.2) is 0 Å². The van der Waals surface area contributed by atoms with E-state index in [1.807, 2.05) is 19.1 Å². The third-order valence-electron chi connectivity index (χ3n) is 4.82. The maximum absolute atomic E-state index is 12.2. The van der Waals surface area contributed by atoms with Crippen LogP contribution in [0, 0.1) is 5.92 Å². The maximum atomic E-state index is 12.2. The van der Waals surface area contributed by atoms with Crippen LogP contribution in [0.15, 0.2) is 42.5 Å². The Balaban J connectivity index is 0.00000192. The molecule has 1 fully saturated rings. The first-order valence-corrected chi connectivity index (χ1v) is 8.17. The molecule has 3 nitrogen and oxygen atoms in total. The van der Waals surface area contributed by atoms with Crippen LogP contribution in [0.3, 0.4) is 0 Å². The normalized spacial score (nSPS) is 21.7. The summed E-state index contributed by atoms with van der Waals surface area (Å²) in [4.78, 5) is 12.2. The van der Waals surface area contributed by atoms with Crippen molar-refractivity contribution in [2.75, 3.05) is 0 Å². The van der Waals surface area contributed by atoms with Crippen LogP contribution in [0.2, 0.25) is 0 Å². The van der Waals surface area contributed by atoms with E-state index < -0.39 is 0 Å². The van der Waals surface area contributed by atoms with Crippen LogP contribution in [0.5, 0.6) is 0 Å². The van der Waals surface area contributed by atoms with Gasteiger partial charge in [-0.1, -0.05) is 42.8 Å². The summed E-state index contributed by atoms with van der Waals surface area (Å²) in [5.41, 5.74) is 7.19. The molecule has 0 spiro atoms. The van der Waals surface area contributed by atoms with Gasteiger partial charge in [-0.2, -0.15) is 0 Å². The summed E-state index contributed by atoms with van der Waals surface area (Å²) < 4.78 is 0. The number of carbonyl (C=O) groups excluding carboxylic acids is 1. The van der Waals surface area contributed by atoms with E-state index in [0.29, 0.717) is 12.3 Å². The van der Waals surface area contributed by atoms with E-state index in [0.717, 1.165) is 24.8 Å². The Kier molecular flexibility index (Phi) is 6.03. The molecule has 23 heavy (non-hydrogen) atoms. The van der Waals surface area contributed by atoms with Gasteiger partial charge in [0.25, 0.3) is 0 Å². The summed E-state index contributed by atoms with van der Waals surface area (Å²) >= 11 is 0. The summed E-state index contributed by atoms with van der Waals surface area (Å²) in [5.74, 6) is 0.465. The minimum Gasteiger partial charge on any atom is -0.350 e. The fourth-order valence-electron chi connectivity index (χ4n) is 3.42. The summed E-state index contributed by atoms with van der Waals surface area (Å²) in [5, 5.41) is 5.54. The molecule has 0 bridgehead atoms. The zero-order chi connectivity index (χ0) is 15.5. The van der Waals surface area contributed by atoms with Crippen molar-refractivity contribution >= 4 is 29.1 Å². The van der Waals surface area contributed by atoms with Crippen LogP contribution >= 0.6 is 12.4 Å². The summed E-state index contributed by atoms with van der Waals surface area (Å²) in [6.07, 6.45) is 3.84. The standard InChI is InChI=1S/C19H24N2O.ClH/c1-13(21-19(22)12-17-7-4-8-18(17)20)15-10-9-14-5-2-3-6-16(14)11-15;/h2-3,5-6,9-11,13,17-18H,4,7-8,12,20H2,1H3,(H,21,22);1H/t13?,17-,18+;/m0./s1. The van der Waals surface area contributed by atoms with E-state index in [4.69, 9.17) is 5.73 Å². The van der Waals surface area contributed by atoms with E-state index >= 15 is 0 Å². The van der Waals surface area contributed by atoms with Gasteiger partial charge >= 0.3 is 0 Å². The molecule has 1 aliphatic rings. The first kappa shape index (κ1) is 17.8. The number of rotatable bonds is 4. The van der Waals surface area contributed by atoms with Gasteiger partial charge in [-0.3, -0.25) is 4.79 Å². The van der Waals surface area contributed by atoms with Crippen LogP contribution in [-0.4, -0.2) is 11.9 Å². The molecule has 124 valence electrons. The molecule has 2 aromatic rings. The summed E-state index contributed by atoms with van der Waals surface area (Å²) in [7, 11) is 0. The second kappa shape index (κ2) is 7.80. The van der Waals surface area contributed by atoms with E-state index in [9.17, 15) is 4.79 Å². The average Bonchev–Trinajstić information content (AvgIpc) is 2.91. The summed E-state index contributed by atoms with van der Waals surface area (Å²) in [6.45, 7) is 2.04. The molecule has 0 saturated heterocycles. The van der Waals surface area contributed by atoms with Crippen molar-refractivity contribution in [3.8, 4) is 0 Å². The van der Waals surface area contributed by atoms with Crippen molar-refractivity contribution in [2.45, 2.75) is 44.7 Å². The highest BCUT2D eigenvalue weighted by atomic mass is 35.5. The highest BCUT2D eigenvalue weighted by molar-refractivity contribution is 5.85. The molecule has 4 heteroatoms. The Labute approximate surface area is 144 Å². The van der Waals surface area contributed by atoms with Gasteiger partial charge in [0.05, 0.1) is 6.04 Å². The lowest BCUT2D eigenvalue weighted by Crippen LogP contribution is -2.32. The second-order valence-corrected chi connectivity index (χ2v) is 6.45. The fourth-order valence-corrected chi connectivity index (χ4v) is 3.42. The Hall–Kier alpha value is -1.58. The molecular weight excluding hydrogens is 308 g/mol. The maximum Gasteiger partial charge on any atom is 0.220 e. The number of benzene rings is 2. The van der Waals surface area contributed by atoms with Gasteiger partial charge in [0.15, 0.2) is 0 Å². The van der Waals surface area contributed by atoms with Crippen molar-refractivity contribution < 1.29 is 4.79 Å². The molecule has 0 radical (unpaired) electrons. The smallest absolute Gasteiger partial charge is 0.220 e. The monoisotopic (exact) mass is 332 g/mol. The number of nitrogens with two attached hydrogens (primary N) is 1. The third kappa shape index (κ3) is 4.24. The lowest BCUT2D eigenvalue weighted by molar-refractivity contribution is -0.122. The van der Waals surface area contributed by atoms with E-state index in [1.165, 1.54) is 10.8 Å². The molecule has 1 amide bonds. The van der Waals surface area contributed by atoms with Crippen molar-refractivity contribution in [1.82, 2.24) is 5.32 Å². The quantitative estimate of drug-likeness (QED) is 0.890. The molecule has 2 aromatic carbocycles. The van der Waals surface area contributed by atoms with Crippen LogP contribution in [0.1, 0.15) is 44.2 Å². The predicted molar refractivity (Wildman–Crippen MR) is 97.7 cm³/mol. The highest BCUT2D eigenvalue weighted by Gasteiger charge is 2.26. The Morgan fingerprint density at radius 2 is 1.96 bits per heavy atom. The first-order valence-electron chi connectivity index (χ1n) is 8.17. The van der Waals surface area contributed by atoms with Crippen LogP contribution in [0.25, 0.3) is 10.8 Å². The minimum atomic E-state index is 0. The molecule has 3 atom stereocenters. The number of nitrogens with one attached hydrogen (secondary N) is 1. The van der Waals surface area contributed by atoms with Crippen LogP contribution in [-0.2, 0) is 4.79 Å². The molecule has 3 N–H and O–H groups in total. The zero-order valence-electron chi connectivity index (χ0n) is 13.5. The van der Waals surface area contributed by atoms with Crippen LogP contribution < -0.4 is 11.1 Å². The zero-order valence-corrected chi connectivity index (χ0v) is 14.3. The number of halogens is 1. The van der Waals surface area contributed by atoms with Crippen molar-refractivity contribution in [3.05, 3.63) is 48.0 Å². The molecule has 3 rings (SSSR count). The van der Waals surface area contributed by atoms with Gasteiger partial charge in [0.2, 0.25) is 5.91 Å². The lowest BCUT2D eigenvalue weighted by atomic mass is 9.99. The second-order valence-electron chi connectivity index (χ2n) is 6.45. The number of fused-ring (bicyclic) bond motifs is 1. The highest BCUT2D eigenvalue weighted by Crippen LogP contribution is 2.27. The number of carbonyl (C=O) groups is 1. The Morgan fingerprint density at radius 1 is 1.22 bits per heavy atom. The Morgan fingerprint density at radius 3 is 2.65 bits per heavy atom.